The van der Waals surface area contributed by atoms with E-state index in [-0.39, 0.29) is 5.41 Å². The summed E-state index contributed by atoms with van der Waals surface area (Å²) in [6.07, 6.45) is 1.46. The second kappa shape index (κ2) is 5.47. The third-order valence-electron chi connectivity index (χ3n) is 2.33. The van der Waals surface area contributed by atoms with E-state index in [1.807, 2.05) is 0 Å². The van der Waals surface area contributed by atoms with E-state index in [1.165, 1.54) is 0 Å². The first kappa shape index (κ1) is 14.4. The van der Waals surface area contributed by atoms with E-state index in [2.05, 4.69) is 20.8 Å². The molecule has 4 nitrogen and oxygen atoms in total. The van der Waals surface area contributed by atoms with Crippen molar-refractivity contribution >= 4 is 5.91 Å². The zero-order valence-corrected chi connectivity index (χ0v) is 10.3. The third kappa shape index (κ3) is 7.33. The molecule has 0 aliphatic carbocycles. The molecule has 0 heterocycles. The first-order valence-corrected chi connectivity index (χ1v) is 5.32. The van der Waals surface area contributed by atoms with Crippen molar-refractivity contribution in [1.82, 2.24) is 0 Å². The van der Waals surface area contributed by atoms with Crippen LogP contribution in [0.1, 0.15) is 40.5 Å². The molecule has 0 aliphatic heterocycles. The second-order valence-corrected chi connectivity index (χ2v) is 5.45. The SMILES string of the molecule is CC(C)(C)CCOCCC(C)(N)C(N)=O. The van der Waals surface area contributed by atoms with Crippen LogP contribution in [0, 0.1) is 5.41 Å². The Morgan fingerprint density at radius 3 is 2.00 bits per heavy atom. The summed E-state index contributed by atoms with van der Waals surface area (Å²) in [4.78, 5) is 10.9. The van der Waals surface area contributed by atoms with Crippen LogP contribution in [-0.4, -0.2) is 24.7 Å². The average Bonchev–Trinajstić information content (AvgIpc) is 2.00. The molecule has 1 amide bonds. The summed E-state index contributed by atoms with van der Waals surface area (Å²) in [6, 6.07) is 0. The van der Waals surface area contributed by atoms with E-state index in [4.69, 9.17) is 16.2 Å². The van der Waals surface area contributed by atoms with Crippen molar-refractivity contribution in [2.75, 3.05) is 13.2 Å². The van der Waals surface area contributed by atoms with Gasteiger partial charge >= 0.3 is 0 Å². The Hall–Kier alpha value is -0.610. The van der Waals surface area contributed by atoms with Gasteiger partial charge in [0, 0.05) is 13.2 Å². The van der Waals surface area contributed by atoms with Crippen LogP contribution in [0.2, 0.25) is 0 Å². The van der Waals surface area contributed by atoms with Crippen molar-refractivity contribution < 1.29 is 9.53 Å². The highest BCUT2D eigenvalue weighted by Gasteiger charge is 2.24. The smallest absolute Gasteiger partial charge is 0.237 e. The summed E-state index contributed by atoms with van der Waals surface area (Å²) in [5, 5.41) is 0. The van der Waals surface area contributed by atoms with Crippen LogP contribution in [0.4, 0.5) is 0 Å². The number of amides is 1. The van der Waals surface area contributed by atoms with Gasteiger partial charge in [0.25, 0.3) is 0 Å². The van der Waals surface area contributed by atoms with Crippen LogP contribution < -0.4 is 11.5 Å². The average molecular weight is 216 g/mol. The highest BCUT2D eigenvalue weighted by Crippen LogP contribution is 2.18. The van der Waals surface area contributed by atoms with Crippen LogP contribution in [0.15, 0.2) is 0 Å². The van der Waals surface area contributed by atoms with Gasteiger partial charge in [-0.1, -0.05) is 20.8 Å². The van der Waals surface area contributed by atoms with Gasteiger partial charge in [-0.3, -0.25) is 4.79 Å². The van der Waals surface area contributed by atoms with Gasteiger partial charge < -0.3 is 16.2 Å². The Labute approximate surface area is 92.3 Å². The van der Waals surface area contributed by atoms with Gasteiger partial charge in [0.2, 0.25) is 5.91 Å². The molecule has 0 aromatic rings. The van der Waals surface area contributed by atoms with Gasteiger partial charge in [0.1, 0.15) is 0 Å². The van der Waals surface area contributed by atoms with E-state index in [0.29, 0.717) is 19.6 Å². The molecule has 0 fully saturated rings. The Kier molecular flexibility index (Phi) is 5.24. The van der Waals surface area contributed by atoms with Crippen LogP contribution in [0.3, 0.4) is 0 Å². The standard InChI is InChI=1S/C11H24N2O2/c1-10(2,3)5-7-15-8-6-11(4,13)9(12)14/h5-8,13H2,1-4H3,(H2,12,14). The maximum Gasteiger partial charge on any atom is 0.237 e. The number of carbonyl (C=O) groups is 1. The number of rotatable bonds is 6. The van der Waals surface area contributed by atoms with Crippen LogP contribution >= 0.6 is 0 Å². The van der Waals surface area contributed by atoms with E-state index in [9.17, 15) is 4.79 Å². The van der Waals surface area contributed by atoms with Crippen molar-refractivity contribution in [2.45, 2.75) is 46.1 Å². The third-order valence-corrected chi connectivity index (χ3v) is 2.33. The molecule has 0 rings (SSSR count). The molecule has 1 atom stereocenters. The summed E-state index contributed by atoms with van der Waals surface area (Å²) in [5.41, 5.74) is 10.1. The minimum absolute atomic E-state index is 0.274. The number of ether oxygens (including phenoxy) is 1. The molecule has 4 heteroatoms. The Bertz CT molecular complexity index is 207. The topological polar surface area (TPSA) is 78.3 Å². The molecule has 0 aromatic carbocycles. The minimum Gasteiger partial charge on any atom is -0.381 e. The number of hydrogen-bond acceptors (Lipinski definition) is 3. The van der Waals surface area contributed by atoms with Gasteiger partial charge in [0.15, 0.2) is 0 Å². The Morgan fingerprint density at radius 2 is 1.60 bits per heavy atom. The fraction of sp³-hybridized carbons (Fsp3) is 0.909. The van der Waals surface area contributed by atoms with E-state index >= 15 is 0 Å². The summed E-state index contributed by atoms with van der Waals surface area (Å²) in [6.45, 7) is 9.28. The van der Waals surface area contributed by atoms with Crippen LogP contribution in [0.25, 0.3) is 0 Å². The van der Waals surface area contributed by atoms with Crippen molar-refractivity contribution in [3.05, 3.63) is 0 Å². The molecular weight excluding hydrogens is 192 g/mol. The van der Waals surface area contributed by atoms with E-state index in [1.54, 1.807) is 6.92 Å². The summed E-state index contributed by atoms with van der Waals surface area (Å²) < 4.78 is 5.41. The van der Waals surface area contributed by atoms with Crippen molar-refractivity contribution in [3.8, 4) is 0 Å². The number of hydrogen-bond donors (Lipinski definition) is 2. The monoisotopic (exact) mass is 216 g/mol. The molecule has 0 aromatic heterocycles. The lowest BCUT2D eigenvalue weighted by molar-refractivity contribution is -0.123. The molecule has 0 saturated carbocycles. The predicted molar refractivity (Wildman–Crippen MR) is 61.3 cm³/mol. The highest BCUT2D eigenvalue weighted by atomic mass is 16.5. The lowest BCUT2D eigenvalue weighted by atomic mass is 9.93. The van der Waals surface area contributed by atoms with Crippen LogP contribution in [-0.2, 0) is 9.53 Å². The fourth-order valence-electron chi connectivity index (χ4n) is 0.888. The van der Waals surface area contributed by atoms with Crippen molar-refractivity contribution in [2.24, 2.45) is 16.9 Å². The Balaban J connectivity index is 3.60. The lowest BCUT2D eigenvalue weighted by Crippen LogP contribution is -2.50. The number of carbonyl (C=O) groups excluding carboxylic acids is 1. The first-order chi connectivity index (χ1) is 6.65. The molecule has 0 spiro atoms. The van der Waals surface area contributed by atoms with E-state index < -0.39 is 11.4 Å². The zero-order valence-electron chi connectivity index (χ0n) is 10.3. The molecule has 0 radical (unpaired) electrons. The quantitative estimate of drug-likeness (QED) is 0.651. The van der Waals surface area contributed by atoms with Crippen molar-refractivity contribution in [3.63, 3.8) is 0 Å². The van der Waals surface area contributed by atoms with Gasteiger partial charge in [-0.2, -0.15) is 0 Å². The largest absolute Gasteiger partial charge is 0.381 e. The summed E-state index contributed by atoms with van der Waals surface area (Å²) in [7, 11) is 0. The molecule has 4 N–H and O–H groups in total. The minimum atomic E-state index is -0.957. The maximum absolute atomic E-state index is 10.9. The fourth-order valence-corrected chi connectivity index (χ4v) is 0.888. The first-order valence-electron chi connectivity index (χ1n) is 5.32. The van der Waals surface area contributed by atoms with Gasteiger partial charge in [-0.15, -0.1) is 0 Å². The normalized spacial score (nSPS) is 16.1. The number of primary amides is 1. The predicted octanol–water partition coefficient (Wildman–Crippen LogP) is 1.03. The molecule has 90 valence electrons. The summed E-state index contributed by atoms with van der Waals surface area (Å²) >= 11 is 0. The van der Waals surface area contributed by atoms with Crippen molar-refractivity contribution in [1.29, 1.82) is 0 Å². The summed E-state index contributed by atoms with van der Waals surface area (Å²) in [5.74, 6) is -0.484. The molecule has 0 saturated heterocycles. The zero-order chi connectivity index (χ0) is 12.1. The van der Waals surface area contributed by atoms with Gasteiger partial charge in [0.05, 0.1) is 5.54 Å². The second-order valence-electron chi connectivity index (χ2n) is 5.45. The Morgan fingerprint density at radius 1 is 1.13 bits per heavy atom. The van der Waals surface area contributed by atoms with Gasteiger partial charge in [-0.25, -0.2) is 0 Å². The molecular formula is C11H24N2O2. The van der Waals surface area contributed by atoms with E-state index in [0.717, 1.165) is 6.42 Å². The lowest BCUT2D eigenvalue weighted by Gasteiger charge is -2.21. The maximum atomic E-state index is 10.9. The molecule has 0 aliphatic rings. The van der Waals surface area contributed by atoms with Crippen LogP contribution in [0.5, 0.6) is 0 Å². The van der Waals surface area contributed by atoms with Gasteiger partial charge in [-0.05, 0) is 25.2 Å². The number of nitrogens with two attached hydrogens (primary N) is 2. The molecule has 0 bridgehead atoms. The molecule has 15 heavy (non-hydrogen) atoms. The molecule has 1 unspecified atom stereocenters. The highest BCUT2D eigenvalue weighted by molar-refractivity contribution is 5.83.